The summed E-state index contributed by atoms with van der Waals surface area (Å²) in [5.41, 5.74) is 0. The Kier molecular flexibility index (Phi) is 54.4. The molecule has 0 saturated carbocycles. The molecule has 70 heavy (non-hydrogen) atoms. The fourth-order valence-corrected chi connectivity index (χ4v) is 7.70. The standard InChI is InChI=1S/C64H106O6/c1-4-7-10-13-16-19-22-25-28-30-32-34-36-39-42-45-48-51-54-57-63(66)69-60-61(59-68-62(65)56-53-50-47-44-41-38-35-27-24-21-18-15-12-9-6-3)70-64(67)58-55-52-49-46-43-40-37-33-31-29-26-23-20-17-14-11-8-5-2/h7,10,16,19,21,23-26,28-29,31-34,37,39,42,61H,4-6,8-9,11-15,17-18,20,22,27,30,35-36,38,40-41,43-60H2,1-3H3/b10-7-,19-16-,24-21-,26-23-,28-25-,31-29-,34-32-,37-33-,42-39-. The summed E-state index contributed by atoms with van der Waals surface area (Å²) < 4.78 is 16.8. The Labute approximate surface area is 431 Å². The summed E-state index contributed by atoms with van der Waals surface area (Å²) >= 11 is 0. The van der Waals surface area contributed by atoms with E-state index in [1.165, 1.54) is 96.3 Å². The van der Waals surface area contributed by atoms with Crippen LogP contribution in [0, 0.1) is 0 Å². The molecule has 0 spiro atoms. The molecule has 398 valence electrons. The summed E-state index contributed by atoms with van der Waals surface area (Å²) in [6.45, 7) is 6.45. The number of hydrogen-bond acceptors (Lipinski definition) is 6. The van der Waals surface area contributed by atoms with Crippen molar-refractivity contribution in [1.82, 2.24) is 0 Å². The molecule has 6 nitrogen and oxygen atoms in total. The number of ether oxygens (including phenoxy) is 3. The number of unbranched alkanes of at least 4 members (excludes halogenated alkanes) is 24. The van der Waals surface area contributed by atoms with E-state index in [2.05, 4.69) is 130 Å². The van der Waals surface area contributed by atoms with Crippen molar-refractivity contribution in [1.29, 1.82) is 0 Å². The molecule has 0 radical (unpaired) electrons. The molecular formula is C64H106O6. The molecule has 0 fully saturated rings. The third-order valence-corrected chi connectivity index (χ3v) is 12.0. The molecule has 0 aromatic carbocycles. The lowest BCUT2D eigenvalue weighted by molar-refractivity contribution is -0.167. The Morgan fingerprint density at radius 3 is 1.03 bits per heavy atom. The van der Waals surface area contributed by atoms with Gasteiger partial charge in [-0.1, -0.05) is 233 Å². The molecule has 0 aliphatic heterocycles. The van der Waals surface area contributed by atoms with E-state index in [1.54, 1.807) is 0 Å². The first-order valence-corrected chi connectivity index (χ1v) is 28.9. The van der Waals surface area contributed by atoms with Gasteiger partial charge in [0.25, 0.3) is 0 Å². The first-order valence-electron chi connectivity index (χ1n) is 28.9. The number of rotatable bonds is 51. The number of allylic oxidation sites excluding steroid dienone is 18. The van der Waals surface area contributed by atoms with Gasteiger partial charge in [0.05, 0.1) is 0 Å². The normalized spacial score (nSPS) is 12.9. The van der Waals surface area contributed by atoms with Crippen LogP contribution in [0.5, 0.6) is 0 Å². The minimum Gasteiger partial charge on any atom is -0.462 e. The second-order valence-corrected chi connectivity index (χ2v) is 18.9. The summed E-state index contributed by atoms with van der Waals surface area (Å²) in [6.07, 6.45) is 77.8. The molecule has 0 amide bonds. The molecule has 0 saturated heterocycles. The molecule has 0 heterocycles. The molecule has 0 aliphatic rings. The third kappa shape index (κ3) is 55.0. The van der Waals surface area contributed by atoms with Crippen LogP contribution in [-0.2, 0) is 28.6 Å². The molecule has 0 bridgehead atoms. The van der Waals surface area contributed by atoms with Crippen LogP contribution >= 0.6 is 0 Å². The Hall–Kier alpha value is -3.93. The van der Waals surface area contributed by atoms with Gasteiger partial charge in [-0.25, -0.2) is 0 Å². The lowest BCUT2D eigenvalue weighted by Crippen LogP contribution is -2.30. The second-order valence-electron chi connectivity index (χ2n) is 18.9. The minimum atomic E-state index is -0.807. The Balaban J connectivity index is 4.51. The number of carbonyl (C=O) groups excluding carboxylic acids is 3. The Morgan fingerprint density at radius 1 is 0.314 bits per heavy atom. The van der Waals surface area contributed by atoms with Crippen LogP contribution in [0.4, 0.5) is 0 Å². The molecule has 1 unspecified atom stereocenters. The third-order valence-electron chi connectivity index (χ3n) is 12.0. The van der Waals surface area contributed by atoms with Crippen LogP contribution in [0.1, 0.15) is 258 Å². The van der Waals surface area contributed by atoms with Crippen molar-refractivity contribution in [3.8, 4) is 0 Å². The zero-order valence-electron chi connectivity index (χ0n) is 45.5. The Morgan fingerprint density at radius 2 is 0.614 bits per heavy atom. The molecule has 6 heteroatoms. The second kappa shape index (κ2) is 57.6. The van der Waals surface area contributed by atoms with Crippen molar-refractivity contribution >= 4 is 17.9 Å². The van der Waals surface area contributed by atoms with E-state index in [-0.39, 0.29) is 31.1 Å². The smallest absolute Gasteiger partial charge is 0.306 e. The van der Waals surface area contributed by atoms with E-state index in [0.29, 0.717) is 19.3 Å². The van der Waals surface area contributed by atoms with Gasteiger partial charge in [0.1, 0.15) is 13.2 Å². The first kappa shape index (κ1) is 66.1. The van der Waals surface area contributed by atoms with E-state index in [1.807, 2.05) is 0 Å². The summed E-state index contributed by atoms with van der Waals surface area (Å²) in [6, 6.07) is 0. The largest absolute Gasteiger partial charge is 0.462 e. The summed E-state index contributed by atoms with van der Waals surface area (Å²) in [5, 5.41) is 0. The lowest BCUT2D eigenvalue weighted by Gasteiger charge is -2.18. The highest BCUT2D eigenvalue weighted by Crippen LogP contribution is 2.14. The highest BCUT2D eigenvalue weighted by molar-refractivity contribution is 5.71. The van der Waals surface area contributed by atoms with Gasteiger partial charge < -0.3 is 14.2 Å². The number of carbonyl (C=O) groups is 3. The van der Waals surface area contributed by atoms with Crippen molar-refractivity contribution in [3.05, 3.63) is 109 Å². The van der Waals surface area contributed by atoms with E-state index in [4.69, 9.17) is 14.2 Å². The number of hydrogen-bond donors (Lipinski definition) is 0. The molecule has 0 rings (SSSR count). The van der Waals surface area contributed by atoms with Crippen LogP contribution in [0.25, 0.3) is 0 Å². The molecule has 0 aromatic rings. The van der Waals surface area contributed by atoms with Crippen molar-refractivity contribution in [2.24, 2.45) is 0 Å². The highest BCUT2D eigenvalue weighted by Gasteiger charge is 2.19. The minimum absolute atomic E-state index is 0.101. The molecule has 0 N–H and O–H groups in total. The van der Waals surface area contributed by atoms with Gasteiger partial charge in [-0.3, -0.25) is 14.4 Å². The fourth-order valence-electron chi connectivity index (χ4n) is 7.70. The van der Waals surface area contributed by atoms with E-state index < -0.39 is 6.10 Å². The van der Waals surface area contributed by atoms with Gasteiger partial charge in [-0.15, -0.1) is 0 Å². The van der Waals surface area contributed by atoms with Crippen molar-refractivity contribution in [2.45, 2.75) is 264 Å². The van der Waals surface area contributed by atoms with E-state index in [9.17, 15) is 14.4 Å². The molecule has 0 aliphatic carbocycles. The monoisotopic (exact) mass is 971 g/mol. The predicted molar refractivity (Wildman–Crippen MR) is 302 cm³/mol. The molecular weight excluding hydrogens is 865 g/mol. The topological polar surface area (TPSA) is 78.9 Å². The van der Waals surface area contributed by atoms with Crippen LogP contribution in [0.3, 0.4) is 0 Å². The Bertz CT molecular complexity index is 1440. The van der Waals surface area contributed by atoms with Gasteiger partial charge in [-0.05, 0) is 116 Å². The summed E-state index contributed by atoms with van der Waals surface area (Å²) in [4.78, 5) is 38.2. The van der Waals surface area contributed by atoms with Crippen molar-refractivity contribution in [3.63, 3.8) is 0 Å². The lowest BCUT2D eigenvalue weighted by atomic mass is 10.1. The molecule has 0 aromatic heterocycles. The van der Waals surface area contributed by atoms with Gasteiger partial charge in [0, 0.05) is 19.3 Å². The maximum Gasteiger partial charge on any atom is 0.306 e. The predicted octanol–water partition coefficient (Wildman–Crippen LogP) is 19.5. The summed E-state index contributed by atoms with van der Waals surface area (Å²) in [5.74, 6) is -0.957. The summed E-state index contributed by atoms with van der Waals surface area (Å²) in [7, 11) is 0. The SMILES string of the molecule is CC/C=C\C/C=C\C/C=C\C/C=C\C/C=C\CCCCCC(=O)OCC(COC(=O)CCCCCCCCC/C=C\CCCCCC)OC(=O)CCCCCCC\C=C/C=C\C=C/CCCCCCC. The maximum atomic E-state index is 12.9. The molecule has 1 atom stereocenters. The van der Waals surface area contributed by atoms with Crippen LogP contribution in [-0.4, -0.2) is 37.2 Å². The zero-order chi connectivity index (χ0) is 50.7. The zero-order valence-corrected chi connectivity index (χ0v) is 45.5. The van der Waals surface area contributed by atoms with Gasteiger partial charge in [0.15, 0.2) is 6.10 Å². The average molecular weight is 972 g/mol. The fraction of sp³-hybridized carbons (Fsp3) is 0.672. The van der Waals surface area contributed by atoms with Crippen LogP contribution in [0.2, 0.25) is 0 Å². The van der Waals surface area contributed by atoms with Gasteiger partial charge >= 0.3 is 17.9 Å². The van der Waals surface area contributed by atoms with Gasteiger partial charge in [-0.2, -0.15) is 0 Å². The van der Waals surface area contributed by atoms with Crippen molar-refractivity contribution < 1.29 is 28.6 Å². The quantitative estimate of drug-likeness (QED) is 0.0199. The van der Waals surface area contributed by atoms with Gasteiger partial charge in [0.2, 0.25) is 0 Å². The first-order chi connectivity index (χ1) is 34.5. The maximum absolute atomic E-state index is 12.9. The average Bonchev–Trinajstić information content (AvgIpc) is 3.36. The highest BCUT2D eigenvalue weighted by atomic mass is 16.6. The van der Waals surface area contributed by atoms with E-state index in [0.717, 1.165) is 122 Å². The van der Waals surface area contributed by atoms with Crippen LogP contribution in [0.15, 0.2) is 109 Å². The number of esters is 3. The van der Waals surface area contributed by atoms with Crippen LogP contribution < -0.4 is 0 Å². The van der Waals surface area contributed by atoms with Crippen molar-refractivity contribution in [2.75, 3.05) is 13.2 Å². The van der Waals surface area contributed by atoms with E-state index >= 15 is 0 Å².